The molecule has 0 amide bonds. The summed E-state index contributed by atoms with van der Waals surface area (Å²) in [5, 5.41) is 3.02. The second kappa shape index (κ2) is 7.35. The summed E-state index contributed by atoms with van der Waals surface area (Å²) in [6.07, 6.45) is 4.17. The van der Waals surface area contributed by atoms with Crippen molar-refractivity contribution in [3.05, 3.63) is 39.9 Å². The summed E-state index contributed by atoms with van der Waals surface area (Å²) >= 11 is 7.24. The molecule has 3 aromatic rings. The molecule has 1 saturated heterocycles. The fourth-order valence-corrected chi connectivity index (χ4v) is 5.86. The zero-order chi connectivity index (χ0) is 17.4. The zero-order valence-electron chi connectivity index (χ0n) is 14.3. The van der Waals surface area contributed by atoms with E-state index in [2.05, 4.69) is 69.0 Å². The van der Waals surface area contributed by atoms with E-state index in [1.54, 1.807) is 17.7 Å². The molecular weight excluding hydrogens is 414 g/mol. The third-order valence-electron chi connectivity index (χ3n) is 4.71. The standard InChI is InChI=1S/C19H20BrN3S2/c1-12-16(13-3-5-14(20)6-4-13)17-18(24-12)21-11-22-19(17)25-15-7-9-23(2)10-8-15/h3-6,11,15H,7-10H2,1-2H3. The van der Waals surface area contributed by atoms with Gasteiger partial charge in [-0.05, 0) is 57.6 Å². The molecule has 0 spiro atoms. The number of aromatic nitrogens is 2. The lowest BCUT2D eigenvalue weighted by Crippen LogP contribution is -2.31. The van der Waals surface area contributed by atoms with Crippen molar-refractivity contribution < 1.29 is 0 Å². The summed E-state index contributed by atoms with van der Waals surface area (Å²) in [4.78, 5) is 14.0. The topological polar surface area (TPSA) is 29.0 Å². The zero-order valence-corrected chi connectivity index (χ0v) is 17.5. The van der Waals surface area contributed by atoms with E-state index in [9.17, 15) is 0 Å². The van der Waals surface area contributed by atoms with E-state index in [-0.39, 0.29) is 0 Å². The molecule has 0 unspecified atom stereocenters. The van der Waals surface area contributed by atoms with Crippen LogP contribution in [0.1, 0.15) is 17.7 Å². The maximum absolute atomic E-state index is 4.67. The number of fused-ring (bicyclic) bond motifs is 1. The van der Waals surface area contributed by atoms with Gasteiger partial charge in [-0.1, -0.05) is 28.1 Å². The van der Waals surface area contributed by atoms with Crippen LogP contribution in [0.4, 0.5) is 0 Å². The predicted molar refractivity (Wildman–Crippen MR) is 112 cm³/mol. The summed E-state index contributed by atoms with van der Waals surface area (Å²) in [5.41, 5.74) is 2.54. The van der Waals surface area contributed by atoms with Crippen molar-refractivity contribution in [3.63, 3.8) is 0 Å². The number of thiophene rings is 1. The molecule has 0 N–H and O–H groups in total. The second-order valence-electron chi connectivity index (χ2n) is 6.52. The van der Waals surface area contributed by atoms with Crippen molar-refractivity contribution in [1.29, 1.82) is 0 Å². The Morgan fingerprint density at radius 3 is 2.60 bits per heavy atom. The van der Waals surface area contributed by atoms with E-state index in [1.807, 2.05) is 11.8 Å². The smallest absolute Gasteiger partial charge is 0.128 e. The normalized spacial score (nSPS) is 16.6. The van der Waals surface area contributed by atoms with Gasteiger partial charge in [0.1, 0.15) is 16.2 Å². The number of thioether (sulfide) groups is 1. The summed E-state index contributed by atoms with van der Waals surface area (Å²) in [6, 6.07) is 8.56. The summed E-state index contributed by atoms with van der Waals surface area (Å²) in [6.45, 7) is 4.54. The third-order valence-corrected chi connectivity index (χ3v) is 7.59. The van der Waals surface area contributed by atoms with Gasteiger partial charge in [0.2, 0.25) is 0 Å². The Bertz CT molecular complexity index is 884. The molecule has 130 valence electrons. The number of aryl methyl sites for hydroxylation is 1. The summed E-state index contributed by atoms with van der Waals surface area (Å²) < 4.78 is 1.10. The largest absolute Gasteiger partial charge is 0.306 e. The maximum Gasteiger partial charge on any atom is 0.128 e. The molecule has 4 rings (SSSR count). The van der Waals surface area contributed by atoms with Crippen LogP contribution in [0.5, 0.6) is 0 Å². The molecule has 25 heavy (non-hydrogen) atoms. The van der Waals surface area contributed by atoms with Crippen molar-refractivity contribution >= 4 is 49.2 Å². The first-order valence-electron chi connectivity index (χ1n) is 8.47. The van der Waals surface area contributed by atoms with Crippen LogP contribution in [0.15, 0.2) is 40.1 Å². The Labute approximate surface area is 165 Å². The molecular formula is C19H20BrN3S2. The Balaban J connectivity index is 1.76. The number of benzene rings is 1. The van der Waals surface area contributed by atoms with Gasteiger partial charge in [0.15, 0.2) is 0 Å². The van der Waals surface area contributed by atoms with Gasteiger partial charge in [0.25, 0.3) is 0 Å². The first-order chi connectivity index (χ1) is 12.1. The summed E-state index contributed by atoms with van der Waals surface area (Å²) in [5.74, 6) is 0. The van der Waals surface area contributed by atoms with E-state index < -0.39 is 0 Å². The highest BCUT2D eigenvalue weighted by Gasteiger charge is 2.22. The van der Waals surface area contributed by atoms with Crippen molar-refractivity contribution in [2.75, 3.05) is 20.1 Å². The van der Waals surface area contributed by atoms with Crippen molar-refractivity contribution in [2.24, 2.45) is 0 Å². The molecule has 0 bridgehead atoms. The quantitative estimate of drug-likeness (QED) is 0.501. The molecule has 1 aliphatic heterocycles. The maximum atomic E-state index is 4.67. The monoisotopic (exact) mass is 433 g/mol. The molecule has 1 fully saturated rings. The van der Waals surface area contributed by atoms with Crippen LogP contribution in [0, 0.1) is 6.92 Å². The molecule has 1 aromatic carbocycles. The highest BCUT2D eigenvalue weighted by atomic mass is 79.9. The average Bonchev–Trinajstić information content (AvgIpc) is 2.95. The van der Waals surface area contributed by atoms with Gasteiger partial charge in [0, 0.05) is 20.2 Å². The number of nitrogens with zero attached hydrogens (tertiary/aromatic N) is 3. The molecule has 1 aliphatic rings. The lowest BCUT2D eigenvalue weighted by molar-refractivity contribution is 0.282. The van der Waals surface area contributed by atoms with Crippen LogP contribution < -0.4 is 0 Å². The molecule has 0 saturated carbocycles. The first-order valence-corrected chi connectivity index (χ1v) is 11.0. The van der Waals surface area contributed by atoms with Crippen LogP contribution in [0.3, 0.4) is 0 Å². The molecule has 0 radical (unpaired) electrons. The van der Waals surface area contributed by atoms with Gasteiger partial charge >= 0.3 is 0 Å². The van der Waals surface area contributed by atoms with Crippen LogP contribution in [-0.2, 0) is 0 Å². The van der Waals surface area contributed by atoms with Crippen LogP contribution in [-0.4, -0.2) is 40.3 Å². The third kappa shape index (κ3) is 3.63. The minimum absolute atomic E-state index is 0.646. The number of halogens is 1. The van der Waals surface area contributed by atoms with Gasteiger partial charge in [-0.2, -0.15) is 0 Å². The molecule has 3 nitrogen and oxygen atoms in total. The lowest BCUT2D eigenvalue weighted by Gasteiger charge is -2.28. The van der Waals surface area contributed by atoms with Crippen LogP contribution in [0.25, 0.3) is 21.3 Å². The van der Waals surface area contributed by atoms with Gasteiger partial charge in [-0.3, -0.25) is 0 Å². The number of likely N-dealkylation sites (tertiary alicyclic amines) is 1. The number of rotatable bonds is 3. The molecule has 3 heterocycles. The number of hydrogen-bond donors (Lipinski definition) is 0. The lowest BCUT2D eigenvalue weighted by atomic mass is 10.0. The fourth-order valence-electron chi connectivity index (χ4n) is 3.33. The molecule has 0 atom stereocenters. The van der Waals surface area contributed by atoms with Gasteiger partial charge in [0.05, 0.1) is 5.39 Å². The summed E-state index contributed by atoms with van der Waals surface area (Å²) in [7, 11) is 2.21. The highest BCUT2D eigenvalue weighted by Crippen LogP contribution is 2.43. The van der Waals surface area contributed by atoms with E-state index in [4.69, 9.17) is 0 Å². The van der Waals surface area contributed by atoms with E-state index in [1.165, 1.54) is 47.3 Å². The molecule has 2 aromatic heterocycles. The second-order valence-corrected chi connectivity index (χ2v) is 9.93. The fraction of sp³-hybridized carbons (Fsp3) is 0.368. The Morgan fingerprint density at radius 2 is 1.88 bits per heavy atom. The number of piperidine rings is 1. The Hall–Kier alpha value is -0.950. The van der Waals surface area contributed by atoms with Crippen molar-refractivity contribution in [3.8, 4) is 11.1 Å². The average molecular weight is 434 g/mol. The first kappa shape index (κ1) is 17.5. The van der Waals surface area contributed by atoms with Crippen molar-refractivity contribution in [1.82, 2.24) is 14.9 Å². The molecule has 0 aliphatic carbocycles. The van der Waals surface area contributed by atoms with Crippen LogP contribution >= 0.6 is 39.0 Å². The minimum atomic E-state index is 0.646. The van der Waals surface area contributed by atoms with Crippen molar-refractivity contribution in [2.45, 2.75) is 30.0 Å². The number of hydrogen-bond acceptors (Lipinski definition) is 5. The van der Waals surface area contributed by atoms with E-state index in [0.717, 1.165) is 14.3 Å². The van der Waals surface area contributed by atoms with Gasteiger partial charge in [-0.25, -0.2) is 9.97 Å². The van der Waals surface area contributed by atoms with Gasteiger partial charge < -0.3 is 4.90 Å². The van der Waals surface area contributed by atoms with Crippen LogP contribution in [0.2, 0.25) is 0 Å². The highest BCUT2D eigenvalue weighted by molar-refractivity contribution is 9.10. The van der Waals surface area contributed by atoms with E-state index in [0.29, 0.717) is 5.25 Å². The van der Waals surface area contributed by atoms with Gasteiger partial charge in [-0.15, -0.1) is 23.1 Å². The van der Waals surface area contributed by atoms with E-state index >= 15 is 0 Å². The predicted octanol–water partition coefficient (Wildman–Crippen LogP) is 5.62. The SMILES string of the molecule is Cc1sc2ncnc(SC3CCN(C)CC3)c2c1-c1ccc(Br)cc1. The minimum Gasteiger partial charge on any atom is -0.306 e. The Kier molecular flexibility index (Phi) is 5.13. The molecule has 6 heteroatoms. The Morgan fingerprint density at radius 1 is 1.16 bits per heavy atom.